The van der Waals surface area contributed by atoms with Crippen molar-refractivity contribution in [3.05, 3.63) is 81.7 Å². The number of nitrogens with zero attached hydrogens (tertiary/aromatic N) is 5. The Hall–Kier alpha value is -3.79. The molecule has 1 amide bonds. The second kappa shape index (κ2) is 9.37. The number of aryl methyl sites for hydroxylation is 1. The summed E-state index contributed by atoms with van der Waals surface area (Å²) in [5, 5.41) is 11.8. The van der Waals surface area contributed by atoms with Crippen molar-refractivity contribution in [2.24, 2.45) is 7.05 Å². The summed E-state index contributed by atoms with van der Waals surface area (Å²) < 4.78 is 3.29. The Balaban J connectivity index is 1.43. The highest BCUT2D eigenvalue weighted by Gasteiger charge is 2.16. The van der Waals surface area contributed by atoms with E-state index >= 15 is 0 Å². The van der Waals surface area contributed by atoms with E-state index in [1.54, 1.807) is 54.2 Å². The number of Topliss-reactive ketones (excluding diaryl/α,β-unsaturated/α-hetero) is 1. The van der Waals surface area contributed by atoms with E-state index in [-0.39, 0.29) is 29.4 Å². The van der Waals surface area contributed by atoms with Gasteiger partial charge in [0, 0.05) is 42.2 Å². The monoisotopic (exact) mass is 462 g/mol. The van der Waals surface area contributed by atoms with Gasteiger partial charge in [-0.2, -0.15) is 0 Å². The number of aromatic nitrogens is 5. The summed E-state index contributed by atoms with van der Waals surface area (Å²) >= 11 is 1.25. The van der Waals surface area contributed by atoms with Gasteiger partial charge in [0.05, 0.1) is 5.75 Å². The van der Waals surface area contributed by atoms with Crippen molar-refractivity contribution >= 4 is 34.8 Å². The first-order valence-electron chi connectivity index (χ1n) is 10.2. The lowest BCUT2D eigenvalue weighted by molar-refractivity contribution is -0.113. The number of anilines is 1. The van der Waals surface area contributed by atoms with Crippen LogP contribution in [0.3, 0.4) is 0 Å². The van der Waals surface area contributed by atoms with Gasteiger partial charge in [-0.1, -0.05) is 17.8 Å². The number of hydrogen-bond donors (Lipinski definition) is 1. The summed E-state index contributed by atoms with van der Waals surface area (Å²) in [6.07, 6.45) is 1.98. The largest absolute Gasteiger partial charge is 0.325 e. The van der Waals surface area contributed by atoms with Crippen LogP contribution in [0.1, 0.15) is 34.4 Å². The Morgan fingerprint density at radius 3 is 2.58 bits per heavy atom. The maximum absolute atomic E-state index is 12.9. The quantitative estimate of drug-likeness (QED) is 0.332. The standard InChI is InChI=1S/C23H22N6O3S/c1-14-18(22(32)29-11-5-4-6-19(29)24-14)12-20-26-27-23(28(20)3)33-13-21(31)25-17-9-7-16(8-10-17)15(2)30/h4-11H,12-13H2,1-3H3,(H,25,31). The molecule has 1 aromatic carbocycles. The molecule has 0 saturated carbocycles. The van der Waals surface area contributed by atoms with E-state index in [0.717, 1.165) is 0 Å². The number of ketones is 1. The van der Waals surface area contributed by atoms with Gasteiger partial charge in [0.1, 0.15) is 11.5 Å². The number of carbonyl (C=O) groups excluding carboxylic acids is 2. The van der Waals surface area contributed by atoms with Gasteiger partial charge in [0.2, 0.25) is 5.91 Å². The summed E-state index contributed by atoms with van der Waals surface area (Å²) in [5.41, 5.74) is 2.87. The number of pyridine rings is 1. The van der Waals surface area contributed by atoms with Crippen molar-refractivity contribution in [3.8, 4) is 0 Å². The zero-order valence-corrected chi connectivity index (χ0v) is 19.2. The third kappa shape index (κ3) is 4.85. The first-order chi connectivity index (χ1) is 15.8. The molecule has 4 rings (SSSR count). The number of thioether (sulfide) groups is 1. The molecule has 3 heterocycles. The molecule has 1 N–H and O–H groups in total. The van der Waals surface area contributed by atoms with Crippen molar-refractivity contribution < 1.29 is 9.59 Å². The number of amides is 1. The number of carbonyl (C=O) groups is 2. The number of rotatable bonds is 7. The maximum atomic E-state index is 12.9. The van der Waals surface area contributed by atoms with Crippen molar-refractivity contribution in [1.29, 1.82) is 0 Å². The highest BCUT2D eigenvalue weighted by Crippen LogP contribution is 2.18. The van der Waals surface area contributed by atoms with Crippen molar-refractivity contribution in [1.82, 2.24) is 24.1 Å². The van der Waals surface area contributed by atoms with Crippen LogP contribution in [0.2, 0.25) is 0 Å². The van der Waals surface area contributed by atoms with Crippen LogP contribution in [0, 0.1) is 6.92 Å². The summed E-state index contributed by atoms with van der Waals surface area (Å²) in [5.74, 6) is 0.516. The maximum Gasteiger partial charge on any atom is 0.261 e. The second-order valence-corrected chi connectivity index (χ2v) is 8.46. The van der Waals surface area contributed by atoms with E-state index in [9.17, 15) is 14.4 Å². The van der Waals surface area contributed by atoms with E-state index in [1.807, 2.05) is 13.0 Å². The van der Waals surface area contributed by atoms with Crippen LogP contribution in [-0.4, -0.2) is 41.6 Å². The Morgan fingerprint density at radius 1 is 1.09 bits per heavy atom. The molecule has 0 bridgehead atoms. The number of nitrogens with one attached hydrogen (secondary N) is 1. The predicted molar refractivity (Wildman–Crippen MR) is 126 cm³/mol. The predicted octanol–water partition coefficient (Wildman–Crippen LogP) is 2.66. The molecular weight excluding hydrogens is 440 g/mol. The molecule has 0 saturated heterocycles. The van der Waals surface area contributed by atoms with Gasteiger partial charge >= 0.3 is 0 Å². The van der Waals surface area contributed by atoms with E-state index in [1.165, 1.54) is 23.1 Å². The van der Waals surface area contributed by atoms with Crippen molar-refractivity contribution in [2.75, 3.05) is 11.1 Å². The fourth-order valence-corrected chi connectivity index (χ4v) is 4.07. The minimum absolute atomic E-state index is 0.0288. The van der Waals surface area contributed by atoms with Crippen LogP contribution in [0.15, 0.2) is 58.6 Å². The summed E-state index contributed by atoms with van der Waals surface area (Å²) in [6, 6.07) is 12.1. The summed E-state index contributed by atoms with van der Waals surface area (Å²) in [7, 11) is 1.80. The molecule has 0 aliphatic rings. The fraction of sp³-hybridized carbons (Fsp3) is 0.217. The highest BCUT2D eigenvalue weighted by molar-refractivity contribution is 7.99. The third-order valence-electron chi connectivity index (χ3n) is 5.20. The average Bonchev–Trinajstić information content (AvgIpc) is 3.14. The minimum atomic E-state index is -0.201. The molecule has 168 valence electrons. The van der Waals surface area contributed by atoms with Crippen LogP contribution in [0.5, 0.6) is 0 Å². The Kier molecular flexibility index (Phi) is 6.36. The molecule has 33 heavy (non-hydrogen) atoms. The van der Waals surface area contributed by atoms with Gasteiger partial charge in [0.25, 0.3) is 5.56 Å². The van der Waals surface area contributed by atoms with Crippen molar-refractivity contribution in [3.63, 3.8) is 0 Å². The lowest BCUT2D eigenvalue weighted by atomic mass is 10.1. The molecule has 9 nitrogen and oxygen atoms in total. The molecule has 0 unspecified atom stereocenters. The smallest absolute Gasteiger partial charge is 0.261 e. The van der Waals surface area contributed by atoms with Crippen LogP contribution in [0.4, 0.5) is 5.69 Å². The van der Waals surface area contributed by atoms with Gasteiger partial charge in [-0.05, 0) is 50.2 Å². The lowest BCUT2D eigenvalue weighted by Crippen LogP contribution is -2.22. The van der Waals surface area contributed by atoms with Crippen LogP contribution in [-0.2, 0) is 18.3 Å². The molecule has 3 aromatic heterocycles. The third-order valence-corrected chi connectivity index (χ3v) is 6.22. The summed E-state index contributed by atoms with van der Waals surface area (Å²) in [4.78, 5) is 41.1. The normalized spacial score (nSPS) is 11.0. The molecular formula is C23H22N6O3S. The van der Waals surface area contributed by atoms with Crippen molar-refractivity contribution in [2.45, 2.75) is 25.4 Å². The zero-order valence-electron chi connectivity index (χ0n) is 18.4. The molecule has 0 fully saturated rings. The highest BCUT2D eigenvalue weighted by atomic mass is 32.2. The zero-order chi connectivity index (χ0) is 23.5. The number of hydrogen-bond acceptors (Lipinski definition) is 7. The summed E-state index contributed by atoms with van der Waals surface area (Å²) in [6.45, 7) is 3.30. The average molecular weight is 463 g/mol. The molecule has 0 radical (unpaired) electrons. The van der Waals surface area contributed by atoms with Crippen LogP contribution >= 0.6 is 11.8 Å². The molecule has 0 spiro atoms. The topological polar surface area (TPSA) is 111 Å². The Bertz CT molecular complexity index is 1410. The van der Waals surface area contributed by atoms with Gasteiger partial charge in [-0.25, -0.2) is 4.98 Å². The molecule has 10 heteroatoms. The number of benzene rings is 1. The fourth-order valence-electron chi connectivity index (χ4n) is 3.34. The SMILES string of the molecule is CC(=O)c1ccc(NC(=O)CSc2nnc(Cc3c(C)nc4ccccn4c3=O)n2C)cc1. The molecule has 4 aromatic rings. The van der Waals surface area contributed by atoms with Crippen LogP contribution < -0.4 is 10.9 Å². The first kappa shape index (κ1) is 22.4. The van der Waals surface area contributed by atoms with E-state index in [4.69, 9.17) is 0 Å². The van der Waals surface area contributed by atoms with E-state index in [0.29, 0.717) is 39.1 Å². The van der Waals surface area contributed by atoms with E-state index < -0.39 is 0 Å². The van der Waals surface area contributed by atoms with Gasteiger partial charge < -0.3 is 9.88 Å². The Labute approximate surface area is 193 Å². The number of fused-ring (bicyclic) bond motifs is 1. The Morgan fingerprint density at radius 2 is 1.85 bits per heavy atom. The lowest BCUT2D eigenvalue weighted by Gasteiger charge is -2.08. The van der Waals surface area contributed by atoms with Gasteiger partial charge in [-0.3, -0.25) is 18.8 Å². The van der Waals surface area contributed by atoms with Crippen LogP contribution in [0.25, 0.3) is 5.65 Å². The van der Waals surface area contributed by atoms with E-state index in [2.05, 4.69) is 20.5 Å². The first-order valence-corrected chi connectivity index (χ1v) is 11.2. The molecule has 0 aliphatic carbocycles. The van der Waals surface area contributed by atoms with Gasteiger partial charge in [-0.15, -0.1) is 10.2 Å². The van der Waals surface area contributed by atoms with Gasteiger partial charge in [0.15, 0.2) is 10.9 Å². The molecule has 0 atom stereocenters. The second-order valence-electron chi connectivity index (χ2n) is 7.51. The minimum Gasteiger partial charge on any atom is -0.325 e. The molecule has 0 aliphatic heterocycles.